The number of rotatable bonds is 3. The van der Waals surface area contributed by atoms with Crippen LogP contribution in [0.15, 0.2) is 40.9 Å². The molecule has 1 saturated heterocycles. The van der Waals surface area contributed by atoms with Crippen molar-refractivity contribution in [3.8, 4) is 11.5 Å². The van der Waals surface area contributed by atoms with Gasteiger partial charge < -0.3 is 14.4 Å². The quantitative estimate of drug-likeness (QED) is 0.800. The first-order valence-electron chi connectivity index (χ1n) is 7.56. The van der Waals surface area contributed by atoms with E-state index in [2.05, 4.69) is 14.9 Å². The highest BCUT2D eigenvalue weighted by molar-refractivity contribution is 5.92. The van der Waals surface area contributed by atoms with Gasteiger partial charge in [-0.25, -0.2) is 14.8 Å². The van der Waals surface area contributed by atoms with Crippen LogP contribution in [0, 0.1) is 0 Å². The Labute approximate surface area is 132 Å². The number of anilines is 1. The largest absolute Gasteiger partial charge is 0.478 e. The second-order valence-electron chi connectivity index (χ2n) is 5.61. The molecule has 0 bridgehead atoms. The lowest BCUT2D eigenvalue weighted by atomic mass is 10.2. The van der Waals surface area contributed by atoms with Crippen LogP contribution in [-0.2, 0) is 0 Å². The Morgan fingerprint density at radius 1 is 1.17 bits per heavy atom. The maximum absolute atomic E-state index is 11.0. The minimum Gasteiger partial charge on any atom is -0.478 e. The number of benzene rings is 1. The van der Waals surface area contributed by atoms with Crippen molar-refractivity contribution in [2.45, 2.75) is 12.8 Å². The zero-order chi connectivity index (χ0) is 15.8. The minimum absolute atomic E-state index is 0.183. The third-order valence-electron chi connectivity index (χ3n) is 4.06. The van der Waals surface area contributed by atoms with Crippen LogP contribution in [0.1, 0.15) is 23.2 Å². The number of nitrogens with zero attached hydrogens (tertiary/aromatic N) is 3. The number of carbonyl (C=O) groups is 1. The fourth-order valence-corrected chi connectivity index (χ4v) is 2.83. The molecule has 0 aliphatic carbocycles. The Hall–Kier alpha value is -2.89. The van der Waals surface area contributed by atoms with Crippen LogP contribution in [0.4, 0.5) is 5.82 Å². The van der Waals surface area contributed by atoms with Crippen molar-refractivity contribution < 1.29 is 14.3 Å². The Balaban J connectivity index is 1.66. The van der Waals surface area contributed by atoms with Gasteiger partial charge in [-0.15, -0.1) is 0 Å². The maximum atomic E-state index is 11.0. The molecule has 1 aliphatic heterocycles. The number of carboxylic acid groups (broad SMARTS) is 1. The van der Waals surface area contributed by atoms with Crippen molar-refractivity contribution in [2.24, 2.45) is 0 Å². The predicted octanol–water partition coefficient (Wildman–Crippen LogP) is 3.19. The summed E-state index contributed by atoms with van der Waals surface area (Å²) < 4.78 is 5.68. The van der Waals surface area contributed by atoms with E-state index in [1.54, 1.807) is 12.3 Å². The van der Waals surface area contributed by atoms with Gasteiger partial charge in [-0.3, -0.25) is 0 Å². The molecule has 0 amide bonds. The van der Waals surface area contributed by atoms with Crippen LogP contribution in [0.5, 0.6) is 0 Å². The molecule has 0 atom stereocenters. The molecule has 0 saturated carbocycles. The molecule has 2 aromatic heterocycles. The number of aromatic nitrogens is 2. The van der Waals surface area contributed by atoms with E-state index >= 15 is 0 Å². The summed E-state index contributed by atoms with van der Waals surface area (Å²) in [6, 6.07) is 8.56. The molecule has 0 spiro atoms. The van der Waals surface area contributed by atoms with Crippen molar-refractivity contribution in [3.05, 3.63) is 42.1 Å². The van der Waals surface area contributed by atoms with Gasteiger partial charge in [0.25, 0.3) is 0 Å². The van der Waals surface area contributed by atoms with Gasteiger partial charge in [0.2, 0.25) is 5.89 Å². The third-order valence-corrected chi connectivity index (χ3v) is 4.06. The van der Waals surface area contributed by atoms with E-state index in [-0.39, 0.29) is 5.56 Å². The lowest BCUT2D eigenvalue weighted by Crippen LogP contribution is -2.18. The van der Waals surface area contributed by atoms with Crippen LogP contribution in [-0.4, -0.2) is 34.1 Å². The fourth-order valence-electron chi connectivity index (χ4n) is 2.83. The normalized spacial score (nSPS) is 14.5. The highest BCUT2D eigenvalue weighted by Gasteiger charge is 2.15. The van der Waals surface area contributed by atoms with Crippen molar-refractivity contribution in [1.29, 1.82) is 0 Å². The summed E-state index contributed by atoms with van der Waals surface area (Å²) in [6.45, 7) is 2.10. The van der Waals surface area contributed by atoms with Gasteiger partial charge in [-0.2, -0.15) is 0 Å². The molecular weight excluding hydrogens is 294 g/mol. The van der Waals surface area contributed by atoms with E-state index in [1.165, 1.54) is 25.0 Å². The Kier molecular flexibility index (Phi) is 3.22. The lowest BCUT2D eigenvalue weighted by molar-refractivity contribution is 0.0697. The van der Waals surface area contributed by atoms with Crippen molar-refractivity contribution >= 4 is 22.9 Å². The second-order valence-corrected chi connectivity index (χ2v) is 5.61. The molecule has 0 unspecified atom stereocenters. The van der Waals surface area contributed by atoms with E-state index in [9.17, 15) is 4.79 Å². The van der Waals surface area contributed by atoms with Gasteiger partial charge >= 0.3 is 5.97 Å². The Morgan fingerprint density at radius 3 is 2.70 bits per heavy atom. The van der Waals surface area contributed by atoms with Crippen LogP contribution >= 0.6 is 0 Å². The van der Waals surface area contributed by atoms with Crippen LogP contribution in [0.3, 0.4) is 0 Å². The van der Waals surface area contributed by atoms with Crippen molar-refractivity contribution in [3.63, 3.8) is 0 Å². The van der Waals surface area contributed by atoms with Gasteiger partial charge in [0.15, 0.2) is 5.58 Å². The molecule has 0 radical (unpaired) electrons. The lowest BCUT2D eigenvalue weighted by Gasteiger charge is -2.15. The van der Waals surface area contributed by atoms with E-state index in [1.807, 2.05) is 12.1 Å². The summed E-state index contributed by atoms with van der Waals surface area (Å²) in [5, 5.41) is 9.03. The number of hydrogen-bond donors (Lipinski definition) is 1. The molecule has 6 heteroatoms. The highest BCUT2D eigenvalue weighted by atomic mass is 16.4. The number of aromatic carboxylic acids is 1. The first-order chi connectivity index (χ1) is 11.2. The van der Waals surface area contributed by atoms with Gasteiger partial charge in [0.1, 0.15) is 11.3 Å². The predicted molar refractivity (Wildman–Crippen MR) is 85.6 cm³/mol. The smallest absolute Gasteiger partial charge is 0.335 e. The zero-order valence-electron chi connectivity index (χ0n) is 12.4. The van der Waals surface area contributed by atoms with Crippen LogP contribution < -0.4 is 4.90 Å². The minimum atomic E-state index is -0.985. The summed E-state index contributed by atoms with van der Waals surface area (Å²) in [6.07, 6.45) is 4.16. The molecule has 6 nitrogen and oxygen atoms in total. The third kappa shape index (κ3) is 2.52. The summed E-state index contributed by atoms with van der Waals surface area (Å²) in [5.74, 6) is 0.431. The SMILES string of the molecule is O=C(O)c1ccc2nc(-c3ccc(N4CCCC4)nc3)oc2c1. The molecule has 116 valence electrons. The van der Waals surface area contributed by atoms with E-state index in [0.29, 0.717) is 17.0 Å². The molecule has 4 rings (SSSR count). The molecule has 1 aliphatic rings. The van der Waals surface area contributed by atoms with Gasteiger partial charge in [0.05, 0.1) is 11.1 Å². The highest BCUT2D eigenvalue weighted by Crippen LogP contribution is 2.26. The molecule has 1 aromatic carbocycles. The molecule has 1 N–H and O–H groups in total. The second kappa shape index (κ2) is 5.39. The Bertz CT molecular complexity index is 864. The van der Waals surface area contributed by atoms with Gasteiger partial charge in [-0.1, -0.05) is 0 Å². The maximum Gasteiger partial charge on any atom is 0.335 e. The summed E-state index contributed by atoms with van der Waals surface area (Å²) in [4.78, 5) is 22.1. The molecular formula is C17H15N3O3. The molecule has 23 heavy (non-hydrogen) atoms. The van der Waals surface area contributed by atoms with E-state index in [0.717, 1.165) is 24.5 Å². The Morgan fingerprint density at radius 2 is 2.00 bits per heavy atom. The van der Waals surface area contributed by atoms with Gasteiger partial charge in [-0.05, 0) is 43.2 Å². The number of oxazole rings is 1. The number of pyridine rings is 1. The number of hydrogen-bond acceptors (Lipinski definition) is 5. The molecule has 3 heterocycles. The van der Waals surface area contributed by atoms with E-state index in [4.69, 9.17) is 9.52 Å². The molecule has 3 aromatic rings. The van der Waals surface area contributed by atoms with Crippen LogP contribution in [0.2, 0.25) is 0 Å². The summed E-state index contributed by atoms with van der Waals surface area (Å²) in [5.41, 5.74) is 2.06. The number of fused-ring (bicyclic) bond motifs is 1. The molecule has 1 fully saturated rings. The summed E-state index contributed by atoms with van der Waals surface area (Å²) >= 11 is 0. The average Bonchev–Trinajstić information content (AvgIpc) is 3.23. The monoisotopic (exact) mass is 309 g/mol. The topological polar surface area (TPSA) is 79.5 Å². The fraction of sp³-hybridized carbons (Fsp3) is 0.235. The summed E-state index contributed by atoms with van der Waals surface area (Å²) in [7, 11) is 0. The van der Waals surface area contributed by atoms with E-state index < -0.39 is 5.97 Å². The van der Waals surface area contributed by atoms with Crippen molar-refractivity contribution in [1.82, 2.24) is 9.97 Å². The standard InChI is InChI=1S/C17H15N3O3/c21-17(22)11-3-5-13-14(9-11)23-16(19-13)12-4-6-15(18-10-12)20-7-1-2-8-20/h3-6,9-10H,1-2,7-8H2,(H,21,22). The first-order valence-corrected chi connectivity index (χ1v) is 7.56. The van der Waals surface area contributed by atoms with Gasteiger partial charge in [0, 0.05) is 19.3 Å². The van der Waals surface area contributed by atoms with Crippen LogP contribution in [0.25, 0.3) is 22.6 Å². The average molecular weight is 309 g/mol. The zero-order valence-corrected chi connectivity index (χ0v) is 12.4. The number of carboxylic acids is 1. The first kappa shape index (κ1) is 13.8. The van der Waals surface area contributed by atoms with Crippen molar-refractivity contribution in [2.75, 3.05) is 18.0 Å².